The van der Waals surface area contributed by atoms with Gasteiger partial charge in [0.15, 0.2) is 6.61 Å². The Morgan fingerprint density at radius 1 is 1.23 bits per heavy atom. The molecule has 2 aromatic heterocycles. The van der Waals surface area contributed by atoms with Crippen molar-refractivity contribution in [2.24, 2.45) is 0 Å². The molecule has 0 atom stereocenters. The molecule has 0 aliphatic rings. The second-order valence-corrected chi connectivity index (χ2v) is 6.25. The minimum Gasteiger partial charge on any atom is -0.456 e. The molecule has 3 rings (SSSR count). The number of aryl methyl sites for hydroxylation is 1. The Morgan fingerprint density at radius 3 is 2.77 bits per heavy atom. The predicted molar refractivity (Wildman–Crippen MR) is 96.7 cm³/mol. The molecule has 0 saturated carbocycles. The van der Waals surface area contributed by atoms with E-state index < -0.39 is 5.97 Å². The third-order valence-corrected chi connectivity index (χ3v) is 4.35. The van der Waals surface area contributed by atoms with Crippen LogP contribution in [0.15, 0.2) is 51.7 Å². The molecule has 2 heterocycles. The Kier molecular flexibility index (Phi) is 5.75. The second kappa shape index (κ2) is 8.39. The van der Waals surface area contributed by atoms with E-state index in [-0.39, 0.29) is 25.4 Å². The Morgan fingerprint density at radius 2 is 2.04 bits per heavy atom. The van der Waals surface area contributed by atoms with Gasteiger partial charge in [0.05, 0.1) is 6.42 Å². The normalized spacial score (nSPS) is 10.5. The zero-order valence-corrected chi connectivity index (χ0v) is 14.9. The summed E-state index contributed by atoms with van der Waals surface area (Å²) in [6.07, 6.45) is 0.326. The van der Waals surface area contributed by atoms with Crippen molar-refractivity contribution in [2.75, 3.05) is 18.6 Å². The molecule has 1 aromatic carbocycles. The molecule has 0 saturated heterocycles. The van der Waals surface area contributed by atoms with Gasteiger partial charge in [-0.25, -0.2) is 0 Å². The number of carbonyl (C=O) groups excluding carboxylic acids is 2. The van der Waals surface area contributed by atoms with Crippen molar-refractivity contribution in [1.82, 2.24) is 10.1 Å². The highest BCUT2D eigenvalue weighted by atomic mass is 32.1. The monoisotopic (exact) mass is 371 g/mol. The summed E-state index contributed by atoms with van der Waals surface area (Å²) in [5.74, 6) is 0.0577. The Balaban J connectivity index is 1.44. The Bertz CT molecular complexity index is 862. The van der Waals surface area contributed by atoms with Gasteiger partial charge in [-0.2, -0.15) is 16.3 Å². The lowest BCUT2D eigenvalue weighted by molar-refractivity contribution is -0.147. The first-order chi connectivity index (χ1) is 12.6. The molecule has 7 nitrogen and oxygen atoms in total. The lowest BCUT2D eigenvalue weighted by Gasteiger charge is -2.16. The van der Waals surface area contributed by atoms with Crippen molar-refractivity contribution in [2.45, 2.75) is 12.8 Å². The van der Waals surface area contributed by atoms with E-state index in [0.717, 1.165) is 11.3 Å². The zero-order valence-electron chi connectivity index (χ0n) is 14.1. The average Bonchev–Trinajstić information content (AvgIpc) is 3.36. The standard InChI is InChI=1S/C18H17N3O4S/c1-21(14-5-3-2-4-6-14)16(22)11-24-17(23)8-7-15-19-18(20-25-15)13-9-10-26-12-13/h2-6,9-10,12H,7-8,11H2,1H3. The molecule has 0 unspecified atom stereocenters. The van der Waals surface area contributed by atoms with Crippen molar-refractivity contribution in [3.05, 3.63) is 53.0 Å². The molecular weight excluding hydrogens is 354 g/mol. The maximum atomic E-state index is 12.1. The minimum atomic E-state index is -0.491. The number of carbonyl (C=O) groups is 2. The SMILES string of the molecule is CN(C(=O)COC(=O)CCc1nc(-c2ccsc2)no1)c1ccccc1. The summed E-state index contributed by atoms with van der Waals surface area (Å²) in [6, 6.07) is 11.0. The smallest absolute Gasteiger partial charge is 0.306 e. The van der Waals surface area contributed by atoms with Crippen molar-refractivity contribution < 1.29 is 18.8 Å². The van der Waals surface area contributed by atoms with Gasteiger partial charge in [-0.3, -0.25) is 9.59 Å². The number of esters is 1. The number of para-hydroxylation sites is 1. The number of likely N-dealkylation sites (N-methyl/N-ethyl adjacent to an activating group) is 1. The number of hydrogen-bond acceptors (Lipinski definition) is 7. The molecule has 134 valence electrons. The highest BCUT2D eigenvalue weighted by Crippen LogP contribution is 2.19. The van der Waals surface area contributed by atoms with Crippen LogP contribution in [0.3, 0.4) is 0 Å². The average molecular weight is 371 g/mol. The molecule has 0 fully saturated rings. The van der Waals surface area contributed by atoms with Gasteiger partial charge in [0.1, 0.15) is 0 Å². The van der Waals surface area contributed by atoms with Crippen LogP contribution in [0.4, 0.5) is 5.69 Å². The van der Waals surface area contributed by atoms with Crippen LogP contribution in [0.1, 0.15) is 12.3 Å². The Hall–Kier alpha value is -3.00. The van der Waals surface area contributed by atoms with Gasteiger partial charge in [0, 0.05) is 30.1 Å². The molecular formula is C18H17N3O4S. The van der Waals surface area contributed by atoms with Gasteiger partial charge in [-0.15, -0.1) is 0 Å². The number of ether oxygens (including phenoxy) is 1. The predicted octanol–water partition coefficient (Wildman–Crippen LogP) is 2.94. The van der Waals surface area contributed by atoms with Crippen LogP contribution < -0.4 is 4.90 Å². The maximum Gasteiger partial charge on any atom is 0.306 e. The molecule has 0 spiro atoms. The van der Waals surface area contributed by atoms with Gasteiger partial charge >= 0.3 is 5.97 Å². The number of benzene rings is 1. The fourth-order valence-corrected chi connectivity index (χ4v) is 2.82. The number of nitrogens with zero attached hydrogens (tertiary/aromatic N) is 3. The minimum absolute atomic E-state index is 0.0631. The first kappa shape index (κ1) is 17.8. The topological polar surface area (TPSA) is 85.5 Å². The summed E-state index contributed by atoms with van der Waals surface area (Å²) in [4.78, 5) is 29.6. The number of aromatic nitrogens is 2. The van der Waals surface area contributed by atoms with Gasteiger partial charge in [0.2, 0.25) is 11.7 Å². The van der Waals surface area contributed by atoms with E-state index in [1.165, 1.54) is 4.90 Å². The molecule has 0 aliphatic heterocycles. The number of anilines is 1. The second-order valence-electron chi connectivity index (χ2n) is 5.47. The number of amides is 1. The van der Waals surface area contributed by atoms with Crippen molar-refractivity contribution in [3.63, 3.8) is 0 Å². The van der Waals surface area contributed by atoms with Crippen molar-refractivity contribution in [3.8, 4) is 11.4 Å². The maximum absolute atomic E-state index is 12.1. The van der Waals surface area contributed by atoms with Gasteiger partial charge in [-0.1, -0.05) is 23.4 Å². The highest BCUT2D eigenvalue weighted by Gasteiger charge is 2.15. The number of hydrogen-bond donors (Lipinski definition) is 0. The largest absolute Gasteiger partial charge is 0.456 e. The molecule has 26 heavy (non-hydrogen) atoms. The van der Waals surface area contributed by atoms with E-state index in [1.807, 2.05) is 35.0 Å². The third kappa shape index (κ3) is 4.54. The van der Waals surface area contributed by atoms with Crippen LogP contribution in [0.5, 0.6) is 0 Å². The van der Waals surface area contributed by atoms with E-state index in [0.29, 0.717) is 11.7 Å². The lowest BCUT2D eigenvalue weighted by Crippen LogP contribution is -2.31. The van der Waals surface area contributed by atoms with Crippen LogP contribution in [-0.2, 0) is 20.7 Å². The summed E-state index contributed by atoms with van der Waals surface area (Å²) in [7, 11) is 1.63. The molecule has 8 heteroatoms. The quantitative estimate of drug-likeness (QED) is 0.594. The fourth-order valence-electron chi connectivity index (χ4n) is 2.18. The van der Waals surface area contributed by atoms with E-state index >= 15 is 0 Å². The molecule has 0 bridgehead atoms. The molecule has 0 N–H and O–H groups in total. The molecule has 0 radical (unpaired) electrons. The number of rotatable bonds is 7. The summed E-state index contributed by atoms with van der Waals surface area (Å²) >= 11 is 1.54. The lowest BCUT2D eigenvalue weighted by atomic mass is 10.3. The summed E-state index contributed by atoms with van der Waals surface area (Å²) < 4.78 is 10.1. The van der Waals surface area contributed by atoms with E-state index in [2.05, 4.69) is 10.1 Å². The van der Waals surface area contributed by atoms with E-state index in [1.54, 1.807) is 30.5 Å². The first-order valence-corrected chi connectivity index (χ1v) is 8.90. The van der Waals surface area contributed by atoms with Crippen molar-refractivity contribution in [1.29, 1.82) is 0 Å². The summed E-state index contributed by atoms with van der Waals surface area (Å²) in [6.45, 7) is -0.311. The summed E-state index contributed by atoms with van der Waals surface area (Å²) in [5.41, 5.74) is 1.61. The molecule has 1 amide bonds. The van der Waals surface area contributed by atoms with Crippen LogP contribution in [0.2, 0.25) is 0 Å². The van der Waals surface area contributed by atoms with Gasteiger partial charge in [0.25, 0.3) is 5.91 Å². The third-order valence-electron chi connectivity index (χ3n) is 3.66. The van der Waals surface area contributed by atoms with Gasteiger partial charge in [-0.05, 0) is 23.6 Å². The zero-order chi connectivity index (χ0) is 18.4. The van der Waals surface area contributed by atoms with Crippen LogP contribution in [-0.4, -0.2) is 35.7 Å². The van der Waals surface area contributed by atoms with Crippen LogP contribution in [0, 0.1) is 0 Å². The highest BCUT2D eigenvalue weighted by molar-refractivity contribution is 7.08. The Labute approximate surface area is 154 Å². The first-order valence-electron chi connectivity index (χ1n) is 7.96. The van der Waals surface area contributed by atoms with Gasteiger partial charge < -0.3 is 14.2 Å². The van der Waals surface area contributed by atoms with E-state index in [9.17, 15) is 9.59 Å². The fraction of sp³-hybridized carbons (Fsp3) is 0.222. The molecule has 3 aromatic rings. The van der Waals surface area contributed by atoms with Crippen LogP contribution in [0.25, 0.3) is 11.4 Å². The number of thiophene rings is 1. The molecule has 0 aliphatic carbocycles. The van der Waals surface area contributed by atoms with E-state index in [4.69, 9.17) is 9.26 Å². The summed E-state index contributed by atoms with van der Waals surface area (Å²) in [5, 5.41) is 7.71. The van der Waals surface area contributed by atoms with Crippen LogP contribution >= 0.6 is 11.3 Å². The van der Waals surface area contributed by atoms with Crippen molar-refractivity contribution >= 4 is 28.9 Å².